The van der Waals surface area contributed by atoms with Crippen molar-refractivity contribution in [1.82, 2.24) is 0 Å². The molecule has 0 unspecified atom stereocenters. The van der Waals surface area contributed by atoms with Crippen molar-refractivity contribution in [2.24, 2.45) is 0 Å². The number of rotatable bonds is 5. The Kier molecular flexibility index (Phi) is 4.65. The van der Waals surface area contributed by atoms with Crippen molar-refractivity contribution in [3.63, 3.8) is 0 Å². The van der Waals surface area contributed by atoms with Crippen LogP contribution in [0.3, 0.4) is 0 Å². The standard InChI is InChI=1S/C21H15O2/c22-16-19-10-14-21(15-11-19)23-20-12-8-18(9-13-20)7-6-17-4-2-1-3-5-17/h1-15H/b7-6+. The lowest BCUT2D eigenvalue weighted by Crippen LogP contribution is -1.85. The van der Waals surface area contributed by atoms with E-state index < -0.39 is 0 Å². The van der Waals surface area contributed by atoms with Crippen molar-refractivity contribution < 1.29 is 9.53 Å². The van der Waals surface area contributed by atoms with E-state index in [1.165, 1.54) is 5.56 Å². The van der Waals surface area contributed by atoms with Gasteiger partial charge in [0, 0.05) is 5.56 Å². The quantitative estimate of drug-likeness (QED) is 0.612. The monoisotopic (exact) mass is 299 g/mol. The topological polar surface area (TPSA) is 26.3 Å². The second-order valence-electron chi connectivity index (χ2n) is 5.04. The summed E-state index contributed by atoms with van der Waals surface area (Å²) in [5, 5.41) is 0. The summed E-state index contributed by atoms with van der Waals surface area (Å²) in [4.78, 5) is 10.5. The summed E-state index contributed by atoms with van der Waals surface area (Å²) in [7, 11) is 0. The van der Waals surface area contributed by atoms with E-state index in [0.717, 1.165) is 11.3 Å². The van der Waals surface area contributed by atoms with E-state index in [9.17, 15) is 4.79 Å². The zero-order valence-corrected chi connectivity index (χ0v) is 12.5. The van der Waals surface area contributed by atoms with Crippen LogP contribution in [0.25, 0.3) is 12.2 Å². The van der Waals surface area contributed by atoms with Gasteiger partial charge < -0.3 is 4.74 Å². The van der Waals surface area contributed by atoms with Crippen LogP contribution in [-0.4, -0.2) is 6.29 Å². The third kappa shape index (κ3) is 4.17. The number of ether oxygens (including phenoxy) is 1. The third-order valence-electron chi connectivity index (χ3n) is 3.36. The van der Waals surface area contributed by atoms with E-state index in [4.69, 9.17) is 4.74 Å². The molecule has 0 saturated heterocycles. The van der Waals surface area contributed by atoms with E-state index >= 15 is 0 Å². The zero-order chi connectivity index (χ0) is 15.9. The van der Waals surface area contributed by atoms with E-state index in [1.807, 2.05) is 48.8 Å². The van der Waals surface area contributed by atoms with E-state index in [-0.39, 0.29) is 0 Å². The predicted molar refractivity (Wildman–Crippen MR) is 93.1 cm³/mol. The fraction of sp³-hybridized carbons (Fsp3) is 0. The highest BCUT2D eigenvalue weighted by molar-refractivity contribution is 5.75. The minimum Gasteiger partial charge on any atom is -0.457 e. The van der Waals surface area contributed by atoms with Gasteiger partial charge in [0.25, 0.3) is 0 Å². The summed E-state index contributed by atoms with van der Waals surface area (Å²) in [5.74, 6) is 1.45. The molecule has 1 radical (unpaired) electrons. The van der Waals surface area contributed by atoms with Crippen molar-refractivity contribution >= 4 is 18.4 Å². The van der Waals surface area contributed by atoms with Crippen LogP contribution in [-0.2, 0) is 4.79 Å². The van der Waals surface area contributed by atoms with Gasteiger partial charge in [0.1, 0.15) is 11.5 Å². The lowest BCUT2D eigenvalue weighted by atomic mass is 10.1. The summed E-state index contributed by atoms with van der Waals surface area (Å²) in [6, 6.07) is 24.9. The molecule has 0 bridgehead atoms. The van der Waals surface area contributed by atoms with Crippen LogP contribution in [0.15, 0.2) is 78.9 Å². The molecular formula is C21H15O2. The van der Waals surface area contributed by atoms with Gasteiger partial charge in [-0.15, -0.1) is 0 Å². The Morgan fingerprint density at radius 3 is 1.74 bits per heavy atom. The Morgan fingerprint density at radius 2 is 1.17 bits per heavy atom. The first-order valence-electron chi connectivity index (χ1n) is 7.33. The van der Waals surface area contributed by atoms with Gasteiger partial charge in [0.05, 0.1) is 0 Å². The van der Waals surface area contributed by atoms with E-state index in [0.29, 0.717) is 11.3 Å². The van der Waals surface area contributed by atoms with Crippen LogP contribution in [0.1, 0.15) is 16.7 Å². The fourth-order valence-corrected chi connectivity index (χ4v) is 2.13. The van der Waals surface area contributed by atoms with Gasteiger partial charge in [-0.2, -0.15) is 0 Å². The summed E-state index contributed by atoms with van der Waals surface area (Å²) in [6.45, 7) is 0. The molecule has 0 N–H and O–H groups in total. The second-order valence-corrected chi connectivity index (χ2v) is 5.04. The fourth-order valence-electron chi connectivity index (χ4n) is 2.13. The maximum atomic E-state index is 10.5. The highest BCUT2D eigenvalue weighted by atomic mass is 16.5. The number of hydrogen-bond acceptors (Lipinski definition) is 2. The Balaban J connectivity index is 1.66. The molecule has 0 heterocycles. The van der Waals surface area contributed by atoms with Crippen LogP contribution in [0.5, 0.6) is 11.5 Å². The Bertz CT molecular complexity index is 786. The molecule has 0 aliphatic carbocycles. The number of benzene rings is 3. The molecule has 3 aromatic carbocycles. The Hall–Kier alpha value is -3.13. The Labute approximate surface area is 135 Å². The molecule has 0 aromatic heterocycles. The first-order valence-corrected chi connectivity index (χ1v) is 7.33. The minimum atomic E-state index is 0.513. The summed E-state index contributed by atoms with van der Waals surface area (Å²) < 4.78 is 5.74. The highest BCUT2D eigenvalue weighted by Crippen LogP contribution is 2.22. The van der Waals surface area contributed by atoms with E-state index in [1.54, 1.807) is 24.3 Å². The minimum absolute atomic E-state index is 0.513. The Morgan fingerprint density at radius 1 is 0.652 bits per heavy atom. The molecule has 0 saturated carbocycles. The largest absolute Gasteiger partial charge is 0.457 e. The van der Waals surface area contributed by atoms with Gasteiger partial charge in [-0.1, -0.05) is 54.6 Å². The third-order valence-corrected chi connectivity index (χ3v) is 3.36. The van der Waals surface area contributed by atoms with Crippen molar-refractivity contribution in [2.75, 3.05) is 0 Å². The lowest BCUT2D eigenvalue weighted by Gasteiger charge is -2.05. The van der Waals surface area contributed by atoms with Crippen LogP contribution < -0.4 is 4.74 Å². The number of hydrogen-bond donors (Lipinski definition) is 0. The molecule has 0 atom stereocenters. The average molecular weight is 299 g/mol. The molecule has 0 amide bonds. The van der Waals surface area contributed by atoms with Gasteiger partial charge >= 0.3 is 0 Å². The zero-order valence-electron chi connectivity index (χ0n) is 12.5. The molecule has 0 fully saturated rings. The summed E-state index contributed by atoms with van der Waals surface area (Å²) in [6.07, 6.45) is 5.98. The molecule has 2 nitrogen and oxygen atoms in total. The molecule has 3 rings (SSSR count). The maximum Gasteiger partial charge on any atom is 0.233 e. The molecule has 3 aromatic rings. The van der Waals surface area contributed by atoms with Crippen molar-refractivity contribution in [2.45, 2.75) is 0 Å². The highest BCUT2D eigenvalue weighted by Gasteiger charge is 1.98. The molecule has 0 aliphatic rings. The molecule has 0 spiro atoms. The average Bonchev–Trinajstić information content (AvgIpc) is 2.63. The first-order chi connectivity index (χ1) is 11.3. The molecular weight excluding hydrogens is 284 g/mol. The molecule has 111 valence electrons. The lowest BCUT2D eigenvalue weighted by molar-refractivity contribution is 0.482. The van der Waals surface area contributed by atoms with Crippen LogP contribution >= 0.6 is 0 Å². The normalized spacial score (nSPS) is 10.6. The first kappa shape index (κ1) is 14.8. The second kappa shape index (κ2) is 7.23. The molecule has 0 aliphatic heterocycles. The van der Waals surface area contributed by atoms with Crippen molar-refractivity contribution in [3.8, 4) is 11.5 Å². The van der Waals surface area contributed by atoms with Gasteiger partial charge in [0.2, 0.25) is 6.29 Å². The van der Waals surface area contributed by atoms with Gasteiger partial charge in [-0.3, -0.25) is 4.79 Å². The number of carbonyl (C=O) groups excluding carboxylic acids is 1. The van der Waals surface area contributed by atoms with Crippen LogP contribution in [0.2, 0.25) is 0 Å². The summed E-state index contributed by atoms with van der Waals surface area (Å²) >= 11 is 0. The maximum absolute atomic E-state index is 10.5. The van der Waals surface area contributed by atoms with Gasteiger partial charge in [-0.25, -0.2) is 0 Å². The molecule has 23 heavy (non-hydrogen) atoms. The van der Waals surface area contributed by atoms with E-state index in [2.05, 4.69) is 24.3 Å². The smallest absolute Gasteiger partial charge is 0.233 e. The SMILES string of the molecule is O=[C]c1ccc(Oc2ccc(/C=C/c3ccccc3)cc2)cc1. The summed E-state index contributed by atoms with van der Waals surface area (Å²) in [5.41, 5.74) is 2.78. The van der Waals surface area contributed by atoms with Gasteiger partial charge in [0.15, 0.2) is 0 Å². The van der Waals surface area contributed by atoms with Crippen LogP contribution in [0, 0.1) is 0 Å². The van der Waals surface area contributed by atoms with Crippen LogP contribution in [0.4, 0.5) is 0 Å². The van der Waals surface area contributed by atoms with Gasteiger partial charge in [-0.05, 0) is 47.5 Å². The molecule has 2 heteroatoms. The predicted octanol–water partition coefficient (Wildman–Crippen LogP) is 5.11. The van der Waals surface area contributed by atoms with Crippen molar-refractivity contribution in [3.05, 3.63) is 95.6 Å². The van der Waals surface area contributed by atoms with Crippen molar-refractivity contribution in [1.29, 1.82) is 0 Å².